The normalized spacial score (nSPS) is 17.0. The van der Waals surface area contributed by atoms with Crippen LogP contribution < -0.4 is 15.4 Å². The average molecular weight is 488 g/mol. The van der Waals surface area contributed by atoms with Gasteiger partial charge in [0.2, 0.25) is 0 Å². The van der Waals surface area contributed by atoms with Crippen LogP contribution in [0.25, 0.3) is 32.2 Å². The van der Waals surface area contributed by atoms with Crippen LogP contribution in [0, 0.1) is 0 Å². The van der Waals surface area contributed by atoms with Crippen molar-refractivity contribution in [3.05, 3.63) is 54.6 Å². The summed E-state index contributed by atoms with van der Waals surface area (Å²) >= 11 is 1.61. The zero-order valence-corrected chi connectivity index (χ0v) is 20.2. The molecule has 2 aromatic carbocycles. The van der Waals surface area contributed by atoms with Gasteiger partial charge in [-0.3, -0.25) is 4.68 Å². The van der Waals surface area contributed by atoms with E-state index in [0.717, 1.165) is 51.0 Å². The summed E-state index contributed by atoms with van der Waals surface area (Å²) in [5, 5.41) is 12.0. The van der Waals surface area contributed by atoms with E-state index in [0.29, 0.717) is 18.2 Å². The predicted molar refractivity (Wildman–Crippen MR) is 137 cm³/mol. The van der Waals surface area contributed by atoms with Gasteiger partial charge >= 0.3 is 0 Å². The minimum atomic E-state index is -0.170. The molecule has 0 radical (unpaired) electrons. The van der Waals surface area contributed by atoms with Crippen molar-refractivity contribution in [2.75, 3.05) is 25.0 Å². The fourth-order valence-corrected chi connectivity index (χ4v) is 5.03. The molecule has 6 rings (SSSR count). The Morgan fingerprint density at radius 1 is 1.17 bits per heavy atom. The number of ether oxygens (including phenoxy) is 2. The highest BCUT2D eigenvalue weighted by molar-refractivity contribution is 7.16. The molecule has 1 saturated heterocycles. The molecule has 35 heavy (non-hydrogen) atoms. The summed E-state index contributed by atoms with van der Waals surface area (Å²) in [5.74, 6) is 1.38. The third-order valence-electron chi connectivity index (χ3n) is 6.13. The Morgan fingerprint density at radius 3 is 2.94 bits per heavy atom. The Hall–Kier alpha value is -3.60. The predicted octanol–water partition coefficient (Wildman–Crippen LogP) is 4.14. The number of anilines is 2. The van der Waals surface area contributed by atoms with E-state index in [2.05, 4.69) is 36.8 Å². The largest absolute Gasteiger partial charge is 0.487 e. The first kappa shape index (κ1) is 21.9. The number of rotatable bonds is 6. The molecule has 2 N–H and O–H groups in total. The number of benzene rings is 2. The van der Waals surface area contributed by atoms with E-state index in [1.54, 1.807) is 22.3 Å². The number of nitrogens with one attached hydrogen (secondary N) is 2. The molecule has 3 aromatic heterocycles. The van der Waals surface area contributed by atoms with E-state index < -0.39 is 0 Å². The molecule has 10 heteroatoms. The summed E-state index contributed by atoms with van der Waals surface area (Å²) in [4.78, 5) is 13.5. The number of fused-ring (bicyclic) bond motifs is 2. The molecule has 1 aliphatic rings. The fourth-order valence-electron chi connectivity index (χ4n) is 4.31. The summed E-state index contributed by atoms with van der Waals surface area (Å²) < 4.78 is 15.4. The van der Waals surface area contributed by atoms with Gasteiger partial charge in [0.25, 0.3) is 0 Å². The van der Waals surface area contributed by atoms with E-state index in [4.69, 9.17) is 9.47 Å². The Morgan fingerprint density at radius 2 is 2.11 bits per heavy atom. The summed E-state index contributed by atoms with van der Waals surface area (Å²) in [6.07, 6.45) is 5.18. The van der Waals surface area contributed by atoms with Crippen LogP contribution in [0.2, 0.25) is 0 Å². The Kier molecular flexibility index (Phi) is 5.77. The van der Waals surface area contributed by atoms with Gasteiger partial charge in [-0.1, -0.05) is 0 Å². The minimum Gasteiger partial charge on any atom is -0.487 e. The first-order valence-corrected chi connectivity index (χ1v) is 12.4. The lowest BCUT2D eigenvalue weighted by Gasteiger charge is -2.29. The van der Waals surface area contributed by atoms with Gasteiger partial charge in [0.05, 0.1) is 39.4 Å². The number of thiazole rings is 1. The lowest BCUT2D eigenvalue weighted by Crippen LogP contribution is -2.46. The van der Waals surface area contributed by atoms with Gasteiger partial charge in [-0.25, -0.2) is 15.0 Å². The number of hydrogen-bond acceptors (Lipinski definition) is 9. The van der Waals surface area contributed by atoms with E-state index in [1.807, 2.05) is 56.1 Å². The zero-order chi connectivity index (χ0) is 23.8. The summed E-state index contributed by atoms with van der Waals surface area (Å²) in [6, 6.07) is 10.2. The van der Waals surface area contributed by atoms with Gasteiger partial charge in [0, 0.05) is 37.6 Å². The van der Waals surface area contributed by atoms with Crippen molar-refractivity contribution >= 4 is 44.0 Å². The van der Waals surface area contributed by atoms with Gasteiger partial charge in [0.15, 0.2) is 0 Å². The molecule has 0 saturated carbocycles. The number of aryl methyl sites for hydroxylation is 1. The molecule has 1 aliphatic heterocycles. The second kappa shape index (κ2) is 9.21. The standard InChI is InChI=1S/C25H25N7O2S/c1-15(22-11-26-5-6-33-22)34-21-8-16(17-10-30-32(2)12-17)7-20-24(21)25(28-13-27-20)31-18-3-4-19-23(9-18)35-14-29-19/h3-4,7-10,12-15,22,26H,5-6,11H2,1-2H3,(H,27,28,31)/t15-,22+/m1/s1. The Labute approximate surface area is 206 Å². The van der Waals surface area contributed by atoms with Crippen LogP contribution in [0.5, 0.6) is 5.75 Å². The van der Waals surface area contributed by atoms with E-state index >= 15 is 0 Å². The molecule has 0 bridgehead atoms. The quantitative estimate of drug-likeness (QED) is 0.369. The second-order valence-corrected chi connectivity index (χ2v) is 9.48. The van der Waals surface area contributed by atoms with Crippen LogP contribution >= 0.6 is 11.3 Å². The SMILES string of the molecule is C[C@@H](Oc1cc(-c2cnn(C)c2)cc2ncnc(Nc3ccc4ncsc4c3)c12)[C@@H]1CNCCO1. The van der Waals surface area contributed by atoms with Crippen molar-refractivity contribution in [1.82, 2.24) is 30.0 Å². The van der Waals surface area contributed by atoms with Crippen LogP contribution in [0.4, 0.5) is 11.5 Å². The number of aromatic nitrogens is 5. The maximum absolute atomic E-state index is 6.55. The molecule has 0 aliphatic carbocycles. The van der Waals surface area contributed by atoms with Crippen LogP contribution in [0.15, 0.2) is 54.6 Å². The smallest absolute Gasteiger partial charge is 0.145 e. The average Bonchev–Trinajstić information content (AvgIpc) is 3.53. The molecule has 0 spiro atoms. The highest BCUT2D eigenvalue weighted by atomic mass is 32.1. The van der Waals surface area contributed by atoms with Crippen molar-refractivity contribution in [2.45, 2.75) is 19.1 Å². The number of morpholine rings is 1. The maximum Gasteiger partial charge on any atom is 0.145 e. The molecule has 0 amide bonds. The molecule has 0 unspecified atom stereocenters. The Bertz CT molecular complexity index is 1490. The molecule has 1 fully saturated rings. The second-order valence-electron chi connectivity index (χ2n) is 8.59. The monoisotopic (exact) mass is 487 g/mol. The van der Waals surface area contributed by atoms with E-state index in [1.165, 1.54) is 0 Å². The van der Waals surface area contributed by atoms with Crippen LogP contribution in [0.1, 0.15) is 6.92 Å². The third-order valence-corrected chi connectivity index (χ3v) is 6.92. The minimum absolute atomic E-state index is 0.0457. The highest BCUT2D eigenvalue weighted by Crippen LogP contribution is 2.37. The summed E-state index contributed by atoms with van der Waals surface area (Å²) in [6.45, 7) is 4.31. The summed E-state index contributed by atoms with van der Waals surface area (Å²) in [7, 11) is 1.90. The Balaban J connectivity index is 1.43. The fraction of sp³-hybridized carbons (Fsp3) is 0.280. The molecule has 4 heterocycles. The van der Waals surface area contributed by atoms with E-state index in [9.17, 15) is 0 Å². The maximum atomic E-state index is 6.55. The van der Waals surface area contributed by atoms with Crippen molar-refractivity contribution in [2.24, 2.45) is 7.05 Å². The number of nitrogens with zero attached hydrogens (tertiary/aromatic N) is 5. The first-order chi connectivity index (χ1) is 17.1. The van der Waals surface area contributed by atoms with Crippen LogP contribution in [-0.2, 0) is 11.8 Å². The van der Waals surface area contributed by atoms with Crippen LogP contribution in [0.3, 0.4) is 0 Å². The van der Waals surface area contributed by atoms with Gasteiger partial charge in [-0.15, -0.1) is 11.3 Å². The first-order valence-electron chi connectivity index (χ1n) is 11.5. The van der Waals surface area contributed by atoms with Crippen molar-refractivity contribution in [3.8, 4) is 16.9 Å². The van der Waals surface area contributed by atoms with Crippen molar-refractivity contribution in [3.63, 3.8) is 0 Å². The topological polar surface area (TPSA) is 99.0 Å². The van der Waals surface area contributed by atoms with Gasteiger partial charge in [0.1, 0.15) is 30.1 Å². The molecular formula is C25H25N7O2S. The summed E-state index contributed by atoms with van der Waals surface area (Å²) in [5.41, 5.74) is 6.51. The zero-order valence-electron chi connectivity index (χ0n) is 19.4. The van der Waals surface area contributed by atoms with Gasteiger partial charge < -0.3 is 20.1 Å². The van der Waals surface area contributed by atoms with Crippen LogP contribution in [-0.4, -0.2) is 56.6 Å². The lowest BCUT2D eigenvalue weighted by atomic mass is 10.1. The number of hydrogen-bond donors (Lipinski definition) is 2. The van der Waals surface area contributed by atoms with Gasteiger partial charge in [-0.2, -0.15) is 5.10 Å². The molecule has 9 nitrogen and oxygen atoms in total. The molecule has 2 atom stereocenters. The molecule has 178 valence electrons. The van der Waals surface area contributed by atoms with Crippen molar-refractivity contribution < 1.29 is 9.47 Å². The lowest BCUT2D eigenvalue weighted by molar-refractivity contribution is -0.0345. The highest BCUT2D eigenvalue weighted by Gasteiger charge is 2.24. The van der Waals surface area contributed by atoms with E-state index in [-0.39, 0.29) is 12.2 Å². The molecule has 5 aromatic rings. The molecular weight excluding hydrogens is 462 g/mol. The van der Waals surface area contributed by atoms with Crippen molar-refractivity contribution in [1.29, 1.82) is 0 Å². The third kappa shape index (κ3) is 4.43. The van der Waals surface area contributed by atoms with Gasteiger partial charge in [-0.05, 0) is 42.8 Å².